The van der Waals surface area contributed by atoms with Crippen molar-refractivity contribution in [3.05, 3.63) is 0 Å². The van der Waals surface area contributed by atoms with E-state index in [2.05, 4.69) is 26.1 Å². The van der Waals surface area contributed by atoms with Gasteiger partial charge in [-0.2, -0.15) is 0 Å². The maximum atomic E-state index is 12.2. The fourth-order valence-electron chi connectivity index (χ4n) is 2.10. The maximum absolute atomic E-state index is 12.2. The summed E-state index contributed by atoms with van der Waals surface area (Å²) in [5.74, 6) is 0.555. The van der Waals surface area contributed by atoms with E-state index in [0.29, 0.717) is 12.5 Å². The van der Waals surface area contributed by atoms with Crippen LogP contribution >= 0.6 is 11.6 Å². The zero-order valence-electron chi connectivity index (χ0n) is 11.3. The molecule has 2 atom stereocenters. The van der Waals surface area contributed by atoms with E-state index in [-0.39, 0.29) is 17.4 Å². The second kappa shape index (κ2) is 5.57. The predicted molar refractivity (Wildman–Crippen MR) is 70.3 cm³/mol. The molecule has 1 aliphatic heterocycles. The van der Waals surface area contributed by atoms with Gasteiger partial charge in [0.25, 0.3) is 5.91 Å². The van der Waals surface area contributed by atoms with Crippen molar-refractivity contribution < 1.29 is 9.53 Å². The molecule has 1 aliphatic rings. The lowest BCUT2D eigenvalue weighted by atomic mass is 9.84. The predicted octanol–water partition coefficient (Wildman–Crippen LogP) is 2.72. The SMILES string of the molecule is CC1(C(=O)NC(CCCl)C(C)(C)C)CCCO1. The fraction of sp³-hybridized carbons (Fsp3) is 0.923. The highest BCUT2D eigenvalue weighted by molar-refractivity contribution is 6.17. The van der Waals surface area contributed by atoms with Crippen LogP contribution in [0.15, 0.2) is 0 Å². The summed E-state index contributed by atoms with van der Waals surface area (Å²) in [5.41, 5.74) is -0.630. The van der Waals surface area contributed by atoms with Crippen molar-refractivity contribution in [3.63, 3.8) is 0 Å². The molecule has 0 aromatic carbocycles. The van der Waals surface area contributed by atoms with Crippen molar-refractivity contribution in [2.75, 3.05) is 12.5 Å². The molecule has 17 heavy (non-hydrogen) atoms. The van der Waals surface area contributed by atoms with E-state index in [0.717, 1.165) is 19.3 Å². The number of amides is 1. The zero-order chi connectivity index (χ0) is 13.1. The van der Waals surface area contributed by atoms with Gasteiger partial charge in [0.1, 0.15) is 5.60 Å². The molecular formula is C13H24ClNO2. The Bertz CT molecular complexity index is 267. The molecule has 1 fully saturated rings. The number of rotatable bonds is 4. The number of hydrogen-bond donors (Lipinski definition) is 1. The molecule has 1 saturated heterocycles. The van der Waals surface area contributed by atoms with Gasteiger partial charge in [0.2, 0.25) is 0 Å². The minimum absolute atomic E-state index is 0.0000386. The molecular weight excluding hydrogens is 238 g/mol. The van der Waals surface area contributed by atoms with E-state index in [1.54, 1.807) is 0 Å². The van der Waals surface area contributed by atoms with E-state index in [1.165, 1.54) is 0 Å². The van der Waals surface area contributed by atoms with Gasteiger partial charge in [-0.15, -0.1) is 11.6 Å². The summed E-state index contributed by atoms with van der Waals surface area (Å²) in [7, 11) is 0. The second-order valence-electron chi connectivity index (χ2n) is 6.05. The van der Waals surface area contributed by atoms with Crippen LogP contribution in [0.4, 0.5) is 0 Å². The molecule has 0 aromatic heterocycles. The minimum Gasteiger partial charge on any atom is -0.365 e. The molecule has 1 rings (SSSR count). The molecule has 1 N–H and O–H groups in total. The van der Waals surface area contributed by atoms with Crippen LogP contribution in [0, 0.1) is 5.41 Å². The van der Waals surface area contributed by atoms with Crippen molar-refractivity contribution in [1.29, 1.82) is 0 Å². The number of carbonyl (C=O) groups excluding carboxylic acids is 1. The summed E-state index contributed by atoms with van der Waals surface area (Å²) in [6.07, 6.45) is 2.54. The zero-order valence-corrected chi connectivity index (χ0v) is 12.1. The van der Waals surface area contributed by atoms with Gasteiger partial charge in [0, 0.05) is 18.5 Å². The van der Waals surface area contributed by atoms with Crippen LogP contribution < -0.4 is 5.32 Å². The highest BCUT2D eigenvalue weighted by Crippen LogP contribution is 2.28. The van der Waals surface area contributed by atoms with Crippen LogP contribution in [-0.4, -0.2) is 30.0 Å². The van der Waals surface area contributed by atoms with E-state index in [9.17, 15) is 4.79 Å². The van der Waals surface area contributed by atoms with E-state index >= 15 is 0 Å². The first-order chi connectivity index (χ1) is 7.79. The first-order valence-electron chi connectivity index (χ1n) is 6.30. The first kappa shape index (κ1) is 14.8. The average molecular weight is 262 g/mol. The maximum Gasteiger partial charge on any atom is 0.252 e. The van der Waals surface area contributed by atoms with E-state index in [4.69, 9.17) is 16.3 Å². The smallest absolute Gasteiger partial charge is 0.252 e. The third-order valence-electron chi connectivity index (χ3n) is 3.45. The van der Waals surface area contributed by atoms with Gasteiger partial charge in [-0.05, 0) is 31.6 Å². The second-order valence-corrected chi connectivity index (χ2v) is 6.43. The van der Waals surface area contributed by atoms with Crippen LogP contribution in [-0.2, 0) is 9.53 Å². The van der Waals surface area contributed by atoms with Crippen LogP contribution in [0.5, 0.6) is 0 Å². The molecule has 0 spiro atoms. The van der Waals surface area contributed by atoms with Crippen molar-refractivity contribution in [2.24, 2.45) is 5.41 Å². The topological polar surface area (TPSA) is 38.3 Å². The number of carbonyl (C=O) groups is 1. The number of ether oxygens (including phenoxy) is 1. The Balaban J connectivity index is 2.64. The number of hydrogen-bond acceptors (Lipinski definition) is 2. The highest BCUT2D eigenvalue weighted by atomic mass is 35.5. The summed E-state index contributed by atoms with van der Waals surface area (Å²) in [6.45, 7) is 8.89. The molecule has 2 unspecified atom stereocenters. The third kappa shape index (κ3) is 3.85. The number of halogens is 1. The quantitative estimate of drug-likeness (QED) is 0.791. The van der Waals surface area contributed by atoms with Crippen molar-refractivity contribution in [1.82, 2.24) is 5.32 Å². The first-order valence-corrected chi connectivity index (χ1v) is 6.84. The van der Waals surface area contributed by atoms with Crippen molar-refractivity contribution >= 4 is 17.5 Å². The molecule has 0 saturated carbocycles. The fourth-order valence-corrected chi connectivity index (χ4v) is 2.32. The van der Waals surface area contributed by atoms with Crippen LogP contribution in [0.1, 0.15) is 47.0 Å². The van der Waals surface area contributed by atoms with E-state index < -0.39 is 5.60 Å². The van der Waals surface area contributed by atoms with Gasteiger partial charge < -0.3 is 10.1 Å². The van der Waals surface area contributed by atoms with Gasteiger partial charge in [0.15, 0.2) is 0 Å². The summed E-state index contributed by atoms with van der Waals surface area (Å²) in [4.78, 5) is 12.2. The molecule has 1 amide bonds. The lowest BCUT2D eigenvalue weighted by Gasteiger charge is -2.34. The Morgan fingerprint density at radius 2 is 2.18 bits per heavy atom. The average Bonchev–Trinajstić information content (AvgIpc) is 2.64. The lowest BCUT2D eigenvalue weighted by molar-refractivity contribution is -0.141. The summed E-state index contributed by atoms with van der Waals surface area (Å²) < 4.78 is 5.55. The number of alkyl halides is 1. The molecule has 3 nitrogen and oxygen atoms in total. The molecule has 0 aromatic rings. The van der Waals surface area contributed by atoms with E-state index in [1.807, 2.05) is 6.92 Å². The Hall–Kier alpha value is -0.280. The van der Waals surface area contributed by atoms with Gasteiger partial charge in [-0.3, -0.25) is 4.79 Å². The standard InChI is InChI=1S/C13H24ClNO2/c1-12(2,3)10(6-8-14)15-11(16)13(4)7-5-9-17-13/h10H,5-9H2,1-4H3,(H,15,16). The van der Waals surface area contributed by atoms with Gasteiger partial charge in [-0.1, -0.05) is 20.8 Å². The molecule has 4 heteroatoms. The Kier molecular flexibility index (Phi) is 4.85. The lowest BCUT2D eigenvalue weighted by Crippen LogP contribution is -2.52. The summed E-state index contributed by atoms with van der Waals surface area (Å²) in [5, 5.41) is 3.09. The minimum atomic E-state index is -0.643. The van der Waals surface area contributed by atoms with Crippen molar-refractivity contribution in [2.45, 2.75) is 58.6 Å². The molecule has 0 radical (unpaired) electrons. The Labute approximate surface area is 109 Å². The third-order valence-corrected chi connectivity index (χ3v) is 3.67. The van der Waals surface area contributed by atoms with Gasteiger partial charge in [-0.25, -0.2) is 0 Å². The molecule has 100 valence electrons. The van der Waals surface area contributed by atoms with Crippen LogP contribution in [0.3, 0.4) is 0 Å². The molecule has 0 bridgehead atoms. The van der Waals surface area contributed by atoms with Crippen LogP contribution in [0.2, 0.25) is 0 Å². The Morgan fingerprint density at radius 1 is 1.53 bits per heavy atom. The van der Waals surface area contributed by atoms with Crippen LogP contribution in [0.25, 0.3) is 0 Å². The molecule has 1 heterocycles. The van der Waals surface area contributed by atoms with Gasteiger partial charge >= 0.3 is 0 Å². The van der Waals surface area contributed by atoms with Crippen molar-refractivity contribution in [3.8, 4) is 0 Å². The molecule has 0 aliphatic carbocycles. The highest BCUT2D eigenvalue weighted by Gasteiger charge is 2.39. The normalized spacial score (nSPS) is 26.9. The van der Waals surface area contributed by atoms with Gasteiger partial charge in [0.05, 0.1) is 0 Å². The summed E-state index contributed by atoms with van der Waals surface area (Å²) in [6, 6.07) is 0.0912. The summed E-state index contributed by atoms with van der Waals surface area (Å²) >= 11 is 5.80. The Morgan fingerprint density at radius 3 is 2.59 bits per heavy atom. The monoisotopic (exact) mass is 261 g/mol. The number of nitrogens with one attached hydrogen (secondary N) is 1. The largest absolute Gasteiger partial charge is 0.365 e.